The fourth-order valence-electron chi connectivity index (χ4n) is 2.49. The lowest BCUT2D eigenvalue weighted by molar-refractivity contribution is 0.512. The van der Waals surface area contributed by atoms with E-state index in [1.165, 1.54) is 0 Å². The van der Waals surface area contributed by atoms with Gasteiger partial charge in [0.25, 0.3) is 0 Å². The Morgan fingerprint density at radius 1 is 1.26 bits per heavy atom. The highest BCUT2D eigenvalue weighted by Crippen LogP contribution is 2.24. The summed E-state index contributed by atoms with van der Waals surface area (Å²) >= 11 is 0. The zero-order chi connectivity index (χ0) is 14.0. The predicted octanol–water partition coefficient (Wildman–Crippen LogP) is 1.71. The number of nitrogens with one attached hydrogen (secondary N) is 1. The predicted molar refractivity (Wildman–Crippen MR) is 76.4 cm³/mol. The molecule has 0 saturated heterocycles. The first-order chi connectivity index (χ1) is 8.88. The van der Waals surface area contributed by atoms with Gasteiger partial charge in [-0.1, -0.05) is 6.07 Å². The summed E-state index contributed by atoms with van der Waals surface area (Å²) in [5, 5.41) is 0. The molecule has 3 N–H and O–H groups in total. The molecule has 1 aromatic carbocycles. The van der Waals surface area contributed by atoms with Crippen LogP contribution in [0.15, 0.2) is 23.1 Å². The minimum atomic E-state index is -3.40. The summed E-state index contributed by atoms with van der Waals surface area (Å²) in [6.45, 7) is 4.38. The molecule has 0 radical (unpaired) electrons. The molecule has 1 saturated carbocycles. The molecule has 4 nitrogen and oxygen atoms in total. The van der Waals surface area contributed by atoms with Crippen LogP contribution in [0.2, 0.25) is 0 Å². The summed E-state index contributed by atoms with van der Waals surface area (Å²) in [4.78, 5) is 0.345. The number of nitrogens with two attached hydrogens (primary N) is 1. The molecule has 106 valence electrons. The van der Waals surface area contributed by atoms with Crippen molar-refractivity contribution < 1.29 is 8.42 Å². The zero-order valence-electron chi connectivity index (χ0n) is 11.5. The molecule has 0 aliphatic heterocycles. The second-order valence-corrected chi connectivity index (χ2v) is 7.30. The number of aryl methyl sites for hydroxylation is 2. The minimum absolute atomic E-state index is 0.233. The van der Waals surface area contributed by atoms with E-state index in [2.05, 4.69) is 4.72 Å². The Morgan fingerprint density at radius 2 is 2.00 bits per heavy atom. The van der Waals surface area contributed by atoms with E-state index in [0.717, 1.165) is 30.4 Å². The van der Waals surface area contributed by atoms with Crippen LogP contribution in [0, 0.1) is 19.8 Å². The Balaban J connectivity index is 2.03. The number of hydrogen-bond acceptors (Lipinski definition) is 3. The molecule has 0 heterocycles. The van der Waals surface area contributed by atoms with Gasteiger partial charge in [0, 0.05) is 12.6 Å². The molecular formula is C14H22N2O2S. The van der Waals surface area contributed by atoms with Crippen molar-refractivity contribution in [2.45, 2.75) is 44.0 Å². The highest BCUT2D eigenvalue weighted by molar-refractivity contribution is 7.89. The van der Waals surface area contributed by atoms with E-state index in [1.807, 2.05) is 19.9 Å². The van der Waals surface area contributed by atoms with E-state index in [1.54, 1.807) is 12.1 Å². The maximum absolute atomic E-state index is 12.2. The van der Waals surface area contributed by atoms with Gasteiger partial charge in [0.2, 0.25) is 10.0 Å². The Hall–Kier alpha value is -0.910. The van der Waals surface area contributed by atoms with Gasteiger partial charge < -0.3 is 5.73 Å². The molecule has 2 rings (SSSR count). The third-order valence-electron chi connectivity index (χ3n) is 3.93. The first-order valence-electron chi connectivity index (χ1n) is 6.71. The molecule has 1 aromatic rings. The average Bonchev–Trinajstić information content (AvgIpc) is 2.76. The molecule has 0 aromatic heterocycles. The monoisotopic (exact) mass is 282 g/mol. The largest absolute Gasteiger partial charge is 0.328 e. The van der Waals surface area contributed by atoms with Crippen LogP contribution in [0.3, 0.4) is 0 Å². The lowest BCUT2D eigenvalue weighted by Crippen LogP contribution is -2.29. The molecule has 2 unspecified atom stereocenters. The fraction of sp³-hybridized carbons (Fsp3) is 0.571. The zero-order valence-corrected chi connectivity index (χ0v) is 12.3. The fourth-order valence-corrected chi connectivity index (χ4v) is 3.69. The van der Waals surface area contributed by atoms with Gasteiger partial charge in [-0.2, -0.15) is 0 Å². The third-order valence-corrected chi connectivity index (χ3v) is 5.35. The second kappa shape index (κ2) is 5.61. The molecule has 2 atom stereocenters. The van der Waals surface area contributed by atoms with Gasteiger partial charge in [0.05, 0.1) is 4.90 Å². The van der Waals surface area contributed by atoms with Gasteiger partial charge in [-0.15, -0.1) is 0 Å². The molecule has 5 heteroatoms. The molecule has 0 amide bonds. The lowest BCUT2D eigenvalue weighted by atomic mass is 10.1. The minimum Gasteiger partial charge on any atom is -0.328 e. The van der Waals surface area contributed by atoms with Gasteiger partial charge in [0.15, 0.2) is 0 Å². The van der Waals surface area contributed by atoms with Crippen molar-refractivity contribution >= 4 is 10.0 Å². The number of sulfonamides is 1. The third kappa shape index (κ3) is 3.55. The molecule has 1 aliphatic rings. The SMILES string of the molecule is Cc1ccc(S(=O)(=O)NCC2CCC(N)C2)cc1C. The van der Waals surface area contributed by atoms with E-state index >= 15 is 0 Å². The summed E-state index contributed by atoms with van der Waals surface area (Å²) in [5.74, 6) is 0.372. The highest BCUT2D eigenvalue weighted by Gasteiger charge is 2.24. The van der Waals surface area contributed by atoms with Gasteiger partial charge in [-0.05, 0) is 62.3 Å². The molecule has 19 heavy (non-hydrogen) atoms. The van der Waals surface area contributed by atoms with Crippen molar-refractivity contribution in [2.75, 3.05) is 6.54 Å². The van der Waals surface area contributed by atoms with Crippen molar-refractivity contribution in [1.82, 2.24) is 4.72 Å². The quantitative estimate of drug-likeness (QED) is 0.883. The number of hydrogen-bond donors (Lipinski definition) is 2. The van der Waals surface area contributed by atoms with E-state index in [9.17, 15) is 8.42 Å². The maximum Gasteiger partial charge on any atom is 0.240 e. The number of rotatable bonds is 4. The van der Waals surface area contributed by atoms with Crippen molar-refractivity contribution in [3.63, 3.8) is 0 Å². The summed E-state index contributed by atoms with van der Waals surface area (Å²) in [6, 6.07) is 5.45. The van der Waals surface area contributed by atoms with Crippen molar-refractivity contribution in [1.29, 1.82) is 0 Å². The van der Waals surface area contributed by atoms with Crippen LogP contribution >= 0.6 is 0 Å². The van der Waals surface area contributed by atoms with E-state index in [-0.39, 0.29) is 6.04 Å². The van der Waals surface area contributed by atoms with Crippen LogP contribution < -0.4 is 10.5 Å². The smallest absolute Gasteiger partial charge is 0.240 e. The Kier molecular flexibility index (Phi) is 4.28. The maximum atomic E-state index is 12.2. The molecule has 1 aliphatic carbocycles. The highest BCUT2D eigenvalue weighted by atomic mass is 32.2. The van der Waals surface area contributed by atoms with E-state index in [4.69, 9.17) is 5.73 Å². The Bertz CT molecular complexity index is 555. The van der Waals surface area contributed by atoms with Gasteiger partial charge in [0.1, 0.15) is 0 Å². The topological polar surface area (TPSA) is 72.2 Å². The van der Waals surface area contributed by atoms with Crippen molar-refractivity contribution in [3.05, 3.63) is 29.3 Å². The van der Waals surface area contributed by atoms with Gasteiger partial charge >= 0.3 is 0 Å². The standard InChI is InChI=1S/C14H22N2O2S/c1-10-3-6-14(7-11(10)2)19(17,18)16-9-12-4-5-13(15)8-12/h3,6-7,12-13,16H,4-5,8-9,15H2,1-2H3. The lowest BCUT2D eigenvalue weighted by Gasteiger charge is -2.12. The Morgan fingerprint density at radius 3 is 2.58 bits per heavy atom. The van der Waals surface area contributed by atoms with Crippen molar-refractivity contribution in [3.8, 4) is 0 Å². The van der Waals surface area contributed by atoms with E-state index in [0.29, 0.717) is 17.4 Å². The summed E-state index contributed by atoms with van der Waals surface area (Å²) in [7, 11) is -3.40. The van der Waals surface area contributed by atoms with Crippen molar-refractivity contribution in [2.24, 2.45) is 11.7 Å². The summed E-state index contributed by atoms with van der Waals surface area (Å²) < 4.78 is 27.1. The molecular weight excluding hydrogens is 260 g/mol. The first-order valence-corrected chi connectivity index (χ1v) is 8.19. The summed E-state index contributed by atoms with van der Waals surface area (Å²) in [6.07, 6.45) is 2.92. The first kappa shape index (κ1) is 14.5. The number of benzene rings is 1. The van der Waals surface area contributed by atoms with E-state index < -0.39 is 10.0 Å². The second-order valence-electron chi connectivity index (χ2n) is 5.54. The normalized spacial score (nSPS) is 23.7. The van der Waals surface area contributed by atoms with Crippen LogP contribution in [-0.4, -0.2) is 21.0 Å². The van der Waals surface area contributed by atoms with Crippen LogP contribution in [-0.2, 0) is 10.0 Å². The molecule has 0 spiro atoms. The Labute approximate surface area is 115 Å². The molecule has 0 bridgehead atoms. The van der Waals surface area contributed by atoms with Crippen LogP contribution in [0.5, 0.6) is 0 Å². The average molecular weight is 282 g/mol. The summed E-state index contributed by atoms with van der Waals surface area (Å²) in [5.41, 5.74) is 7.92. The van der Waals surface area contributed by atoms with Crippen LogP contribution in [0.4, 0.5) is 0 Å². The van der Waals surface area contributed by atoms with Gasteiger partial charge in [-0.3, -0.25) is 0 Å². The molecule has 1 fully saturated rings. The van der Waals surface area contributed by atoms with Crippen LogP contribution in [0.25, 0.3) is 0 Å². The van der Waals surface area contributed by atoms with Crippen LogP contribution in [0.1, 0.15) is 30.4 Å². The van der Waals surface area contributed by atoms with Gasteiger partial charge in [-0.25, -0.2) is 13.1 Å².